The van der Waals surface area contributed by atoms with E-state index in [4.69, 9.17) is 0 Å². The van der Waals surface area contributed by atoms with Crippen molar-refractivity contribution in [2.45, 2.75) is 36.8 Å². The van der Waals surface area contributed by atoms with E-state index in [-0.39, 0.29) is 28.8 Å². The Morgan fingerprint density at radius 2 is 2.07 bits per heavy atom. The number of carbonyl (C=O) groups excluding carboxylic acids is 2. The van der Waals surface area contributed by atoms with Gasteiger partial charge in [-0.05, 0) is 6.42 Å². The molecule has 0 unspecified atom stereocenters. The van der Waals surface area contributed by atoms with Gasteiger partial charge in [0.2, 0.25) is 11.8 Å². The minimum Gasteiger partial charge on any atom is -0.477 e. The Labute approximate surface area is 161 Å². The zero-order valence-corrected chi connectivity index (χ0v) is 16.3. The monoisotopic (exact) mass is 399 g/mol. The predicted octanol–water partition coefficient (Wildman–Crippen LogP) is -1.34. The van der Waals surface area contributed by atoms with Crippen molar-refractivity contribution in [3.63, 3.8) is 0 Å². The van der Waals surface area contributed by atoms with E-state index in [2.05, 4.69) is 5.32 Å². The number of nitrogens with one attached hydrogen (secondary N) is 1. The number of carbonyl (C=O) groups is 3. The lowest BCUT2D eigenvalue weighted by Gasteiger charge is -2.46. The number of carboxylic acid groups (broad SMARTS) is 1. The van der Waals surface area contributed by atoms with E-state index in [0.717, 1.165) is 0 Å². The largest absolute Gasteiger partial charge is 0.477 e. The standard InChI is InChI=1S/C17H25N3O6S/c1-7-12-11(10(22)6-21)16(24)20(12)13(17(25)26)14(7)27-8-4-9(18-5-8)15(23)19(2)3/h7-12,18,21-22H,4-6H2,1-3H3,(H,25,26)/t7-,8+,9+,10-,11-,12-/m1/s1. The van der Waals surface area contributed by atoms with Gasteiger partial charge in [0.15, 0.2) is 0 Å². The Morgan fingerprint density at radius 3 is 2.63 bits per heavy atom. The molecular weight excluding hydrogens is 374 g/mol. The minimum atomic E-state index is -1.20. The number of amides is 2. The van der Waals surface area contributed by atoms with Crippen molar-refractivity contribution < 1.29 is 29.7 Å². The van der Waals surface area contributed by atoms with Gasteiger partial charge in [-0.25, -0.2) is 4.79 Å². The molecule has 3 aliphatic rings. The summed E-state index contributed by atoms with van der Waals surface area (Å²) >= 11 is 1.39. The topological polar surface area (TPSA) is 130 Å². The van der Waals surface area contributed by atoms with Gasteiger partial charge < -0.3 is 30.4 Å². The number of likely N-dealkylation sites (N-methyl/N-ethyl adjacent to an activating group) is 1. The summed E-state index contributed by atoms with van der Waals surface area (Å²) in [6.45, 7) is 1.86. The molecule has 2 amide bonds. The van der Waals surface area contributed by atoms with Crippen LogP contribution in [0, 0.1) is 11.8 Å². The maximum Gasteiger partial charge on any atom is 0.353 e. The van der Waals surface area contributed by atoms with E-state index in [1.807, 2.05) is 6.92 Å². The van der Waals surface area contributed by atoms with Gasteiger partial charge in [0.25, 0.3) is 0 Å². The predicted molar refractivity (Wildman–Crippen MR) is 97.5 cm³/mol. The number of aliphatic hydroxyl groups is 2. The van der Waals surface area contributed by atoms with Gasteiger partial charge in [-0.3, -0.25) is 9.59 Å². The second kappa shape index (κ2) is 7.42. The first-order valence-corrected chi connectivity index (χ1v) is 9.77. The smallest absolute Gasteiger partial charge is 0.353 e. The molecule has 10 heteroatoms. The van der Waals surface area contributed by atoms with Crippen LogP contribution in [0.15, 0.2) is 10.6 Å². The number of fused-ring (bicyclic) bond motifs is 1. The minimum absolute atomic E-state index is 0.0146. The molecule has 3 rings (SSSR count). The quantitative estimate of drug-likeness (QED) is 0.404. The third-order valence-electron chi connectivity index (χ3n) is 5.52. The molecule has 27 heavy (non-hydrogen) atoms. The van der Waals surface area contributed by atoms with Crippen LogP contribution in [0.25, 0.3) is 0 Å². The molecule has 0 spiro atoms. The highest BCUT2D eigenvalue weighted by molar-refractivity contribution is 8.03. The molecule has 9 nitrogen and oxygen atoms in total. The van der Waals surface area contributed by atoms with E-state index < -0.39 is 36.5 Å². The van der Waals surface area contributed by atoms with Crippen molar-refractivity contribution in [3.05, 3.63) is 10.6 Å². The van der Waals surface area contributed by atoms with Crippen molar-refractivity contribution in [1.82, 2.24) is 15.1 Å². The molecule has 6 atom stereocenters. The van der Waals surface area contributed by atoms with E-state index in [1.54, 1.807) is 14.1 Å². The highest BCUT2D eigenvalue weighted by Gasteiger charge is 2.60. The summed E-state index contributed by atoms with van der Waals surface area (Å²) < 4.78 is 0. The van der Waals surface area contributed by atoms with E-state index in [0.29, 0.717) is 17.9 Å². The van der Waals surface area contributed by atoms with Crippen LogP contribution in [0.2, 0.25) is 0 Å². The summed E-state index contributed by atoms with van der Waals surface area (Å²) in [7, 11) is 3.38. The molecule has 0 aromatic heterocycles. The van der Waals surface area contributed by atoms with Gasteiger partial charge >= 0.3 is 5.97 Å². The zero-order valence-electron chi connectivity index (χ0n) is 15.5. The molecule has 0 aliphatic carbocycles. The van der Waals surface area contributed by atoms with Gasteiger partial charge in [-0.1, -0.05) is 6.92 Å². The summed E-state index contributed by atoms with van der Waals surface area (Å²) in [5.74, 6) is -2.71. The molecule has 0 bridgehead atoms. The first kappa shape index (κ1) is 20.1. The summed E-state index contributed by atoms with van der Waals surface area (Å²) in [5.41, 5.74) is -0.0359. The molecule has 3 aliphatic heterocycles. The van der Waals surface area contributed by atoms with Crippen LogP contribution in [-0.2, 0) is 14.4 Å². The Morgan fingerprint density at radius 1 is 1.41 bits per heavy atom. The summed E-state index contributed by atoms with van der Waals surface area (Å²) in [6.07, 6.45) is -0.623. The van der Waals surface area contributed by atoms with Crippen molar-refractivity contribution in [1.29, 1.82) is 0 Å². The summed E-state index contributed by atoms with van der Waals surface area (Å²) in [6, 6.07) is -0.757. The molecule has 4 N–H and O–H groups in total. The average molecular weight is 399 g/mol. The lowest BCUT2D eigenvalue weighted by Crippen LogP contribution is -2.64. The number of aliphatic hydroxyl groups excluding tert-OH is 2. The lowest BCUT2D eigenvalue weighted by molar-refractivity contribution is -0.165. The molecule has 0 aromatic carbocycles. The SMILES string of the molecule is C[C@H]1C(S[C@@H]2CN[C@H](C(=O)N(C)C)C2)=C(C(=O)O)N2C(=O)[C@H]([C@H](O)CO)[C@@H]12. The number of hydrogen-bond acceptors (Lipinski definition) is 7. The van der Waals surface area contributed by atoms with Crippen LogP contribution in [-0.4, -0.2) is 93.6 Å². The summed E-state index contributed by atoms with van der Waals surface area (Å²) in [4.78, 5) is 39.7. The zero-order chi connectivity index (χ0) is 20.0. The molecule has 0 radical (unpaired) electrons. The normalized spacial score (nSPS) is 33.7. The van der Waals surface area contributed by atoms with Crippen LogP contribution < -0.4 is 5.32 Å². The fraction of sp³-hybridized carbons (Fsp3) is 0.706. The molecule has 0 aromatic rings. The van der Waals surface area contributed by atoms with Crippen molar-refractivity contribution in [2.75, 3.05) is 27.2 Å². The van der Waals surface area contributed by atoms with Crippen LogP contribution in [0.5, 0.6) is 0 Å². The second-order valence-electron chi connectivity index (χ2n) is 7.45. The number of hydrogen-bond donors (Lipinski definition) is 4. The fourth-order valence-electron chi connectivity index (χ4n) is 4.17. The molecule has 2 saturated heterocycles. The average Bonchev–Trinajstić information content (AvgIpc) is 3.17. The van der Waals surface area contributed by atoms with E-state index >= 15 is 0 Å². The van der Waals surface area contributed by atoms with E-state index in [1.165, 1.54) is 21.6 Å². The molecule has 0 saturated carbocycles. The number of β-lactam (4-membered cyclic amide) rings is 1. The Bertz CT molecular complexity index is 696. The Hall–Kier alpha value is -1.62. The number of carboxylic acids is 1. The number of nitrogens with zero attached hydrogens (tertiary/aromatic N) is 2. The summed E-state index contributed by atoms with van der Waals surface area (Å²) in [5, 5.41) is 32.0. The highest BCUT2D eigenvalue weighted by Crippen LogP contribution is 2.51. The van der Waals surface area contributed by atoms with Gasteiger partial charge in [-0.15, -0.1) is 11.8 Å². The Balaban J connectivity index is 1.78. The molecule has 2 fully saturated rings. The maximum atomic E-state index is 12.4. The van der Waals surface area contributed by atoms with E-state index in [9.17, 15) is 29.7 Å². The second-order valence-corrected chi connectivity index (χ2v) is 8.79. The van der Waals surface area contributed by atoms with Crippen LogP contribution in [0.4, 0.5) is 0 Å². The van der Waals surface area contributed by atoms with Crippen LogP contribution in [0.1, 0.15) is 13.3 Å². The van der Waals surface area contributed by atoms with Crippen molar-refractivity contribution in [3.8, 4) is 0 Å². The first-order chi connectivity index (χ1) is 12.7. The van der Waals surface area contributed by atoms with Crippen molar-refractivity contribution >= 4 is 29.5 Å². The van der Waals surface area contributed by atoms with Gasteiger partial charge in [0, 0.05) is 36.7 Å². The first-order valence-electron chi connectivity index (χ1n) is 8.89. The van der Waals surface area contributed by atoms with Gasteiger partial charge in [0.05, 0.1) is 30.7 Å². The van der Waals surface area contributed by atoms with Gasteiger partial charge in [0.1, 0.15) is 5.70 Å². The highest BCUT2D eigenvalue weighted by atomic mass is 32.2. The molecule has 3 heterocycles. The number of aliphatic carboxylic acids is 1. The third kappa shape index (κ3) is 3.24. The van der Waals surface area contributed by atoms with Gasteiger partial charge in [-0.2, -0.15) is 0 Å². The Kier molecular flexibility index (Phi) is 5.53. The molecular formula is C17H25N3O6S. The lowest BCUT2D eigenvalue weighted by atomic mass is 9.79. The third-order valence-corrected chi connectivity index (χ3v) is 7.03. The maximum absolute atomic E-state index is 12.4. The van der Waals surface area contributed by atoms with Crippen LogP contribution in [0.3, 0.4) is 0 Å². The number of thioether (sulfide) groups is 1. The fourth-order valence-corrected chi connectivity index (χ4v) is 5.64. The van der Waals surface area contributed by atoms with Crippen LogP contribution >= 0.6 is 11.8 Å². The number of rotatable bonds is 6. The van der Waals surface area contributed by atoms with Crippen molar-refractivity contribution in [2.24, 2.45) is 11.8 Å². The molecule has 150 valence electrons.